The van der Waals surface area contributed by atoms with Gasteiger partial charge in [0.25, 0.3) is 5.56 Å². The Kier molecular flexibility index (Phi) is 5.73. The van der Waals surface area contributed by atoms with Gasteiger partial charge in [0, 0.05) is 13.5 Å². The first-order chi connectivity index (χ1) is 14.9. The van der Waals surface area contributed by atoms with Gasteiger partial charge in [-0.05, 0) is 29.3 Å². The highest BCUT2D eigenvalue weighted by Crippen LogP contribution is 2.22. The molecule has 0 saturated heterocycles. The van der Waals surface area contributed by atoms with Crippen LogP contribution in [0.3, 0.4) is 0 Å². The molecule has 0 fully saturated rings. The minimum atomic E-state index is -0.540. The van der Waals surface area contributed by atoms with Gasteiger partial charge in [-0.15, -0.1) is 11.3 Å². The van der Waals surface area contributed by atoms with Crippen LogP contribution in [0.1, 0.15) is 20.8 Å². The van der Waals surface area contributed by atoms with E-state index in [0.717, 1.165) is 22.5 Å². The Hall–Kier alpha value is -3.65. The summed E-state index contributed by atoms with van der Waals surface area (Å²) in [5, 5.41) is 9.63. The molecule has 0 atom stereocenters. The number of ether oxygens (including phenoxy) is 1. The minimum Gasteiger partial charge on any atom is -0.508 e. The Morgan fingerprint density at radius 3 is 2.45 bits per heavy atom. The number of hydrogen-bond donors (Lipinski definition) is 1. The van der Waals surface area contributed by atoms with Crippen molar-refractivity contribution in [3.05, 3.63) is 97.5 Å². The summed E-state index contributed by atoms with van der Waals surface area (Å²) in [6, 6.07) is 17.4. The second-order valence-corrected chi connectivity index (χ2v) is 8.13. The Bertz CT molecular complexity index is 1350. The van der Waals surface area contributed by atoms with E-state index in [1.165, 1.54) is 15.2 Å². The van der Waals surface area contributed by atoms with Gasteiger partial charge >= 0.3 is 11.7 Å². The van der Waals surface area contributed by atoms with Crippen molar-refractivity contribution in [2.75, 3.05) is 6.61 Å². The summed E-state index contributed by atoms with van der Waals surface area (Å²) in [7, 11) is 1.59. The van der Waals surface area contributed by atoms with E-state index in [9.17, 15) is 19.5 Å². The Morgan fingerprint density at radius 1 is 1.03 bits per heavy atom. The van der Waals surface area contributed by atoms with Crippen molar-refractivity contribution in [2.45, 2.75) is 13.0 Å². The third-order valence-electron chi connectivity index (χ3n) is 4.96. The highest BCUT2D eigenvalue weighted by atomic mass is 32.1. The number of rotatable bonds is 6. The highest BCUT2D eigenvalue weighted by molar-refractivity contribution is 7.20. The molecule has 2 heterocycles. The summed E-state index contributed by atoms with van der Waals surface area (Å²) in [5.41, 5.74) is 0.898. The average molecular weight is 436 g/mol. The monoisotopic (exact) mass is 436 g/mol. The Balaban J connectivity index is 1.57. The van der Waals surface area contributed by atoms with E-state index in [4.69, 9.17) is 4.74 Å². The number of aromatic hydroxyl groups is 1. The molecule has 2 aromatic carbocycles. The molecule has 0 unspecified atom stereocenters. The molecule has 0 aliphatic rings. The molecule has 7 nitrogen and oxygen atoms in total. The molecule has 4 aromatic rings. The van der Waals surface area contributed by atoms with Crippen molar-refractivity contribution in [3.63, 3.8) is 0 Å². The van der Waals surface area contributed by atoms with Crippen molar-refractivity contribution >= 4 is 27.5 Å². The molecular weight excluding hydrogens is 416 g/mol. The van der Waals surface area contributed by atoms with E-state index in [0.29, 0.717) is 16.6 Å². The summed E-state index contributed by atoms with van der Waals surface area (Å²) in [6.07, 6.45) is 0.499. The lowest BCUT2D eigenvalue weighted by molar-refractivity contribution is 0.0515. The minimum absolute atomic E-state index is 0.157. The number of phenolic OH excluding ortho intramolecular Hbond substituents is 1. The third-order valence-corrected chi connectivity index (χ3v) is 6.15. The van der Waals surface area contributed by atoms with Gasteiger partial charge in [0.2, 0.25) is 0 Å². The number of aromatic nitrogens is 2. The van der Waals surface area contributed by atoms with Crippen LogP contribution in [0.5, 0.6) is 5.75 Å². The fraction of sp³-hybridized carbons (Fsp3) is 0.174. The molecule has 0 bridgehead atoms. The summed E-state index contributed by atoms with van der Waals surface area (Å²) < 4.78 is 7.90. The molecule has 2 aromatic heterocycles. The SMILES string of the molecule is Cn1c(=O)n(Cc2ccccc2)c(=O)c2cc(C(=O)OCCc3ccc(O)cc3)sc21. The number of thiophene rings is 1. The number of phenols is 1. The van der Waals surface area contributed by atoms with Gasteiger partial charge in [0.05, 0.1) is 18.5 Å². The number of esters is 1. The Morgan fingerprint density at radius 2 is 1.74 bits per heavy atom. The van der Waals surface area contributed by atoms with Crippen molar-refractivity contribution in [1.29, 1.82) is 0 Å². The predicted molar refractivity (Wildman–Crippen MR) is 119 cm³/mol. The molecule has 158 valence electrons. The number of carbonyl (C=O) groups is 1. The largest absolute Gasteiger partial charge is 0.508 e. The first-order valence-electron chi connectivity index (χ1n) is 9.66. The average Bonchev–Trinajstić information content (AvgIpc) is 3.23. The van der Waals surface area contributed by atoms with Crippen LogP contribution in [-0.2, 0) is 24.8 Å². The standard InChI is InChI=1S/C23H20N2O5S/c1-24-21-18(20(27)25(23(24)29)14-16-5-3-2-4-6-16)13-19(31-21)22(28)30-12-11-15-7-9-17(26)10-8-15/h2-10,13,26H,11-12,14H2,1H3. The summed E-state index contributed by atoms with van der Waals surface area (Å²) in [6.45, 7) is 0.319. The zero-order chi connectivity index (χ0) is 22.0. The molecule has 0 saturated carbocycles. The van der Waals surface area contributed by atoms with Gasteiger partial charge in [-0.25, -0.2) is 9.59 Å². The molecule has 0 aliphatic carbocycles. The van der Waals surface area contributed by atoms with Crippen molar-refractivity contribution in [2.24, 2.45) is 7.05 Å². The first-order valence-corrected chi connectivity index (χ1v) is 10.5. The van der Waals surface area contributed by atoms with Gasteiger partial charge in [-0.3, -0.25) is 13.9 Å². The normalized spacial score (nSPS) is 11.0. The lowest BCUT2D eigenvalue weighted by Crippen LogP contribution is -2.38. The molecule has 31 heavy (non-hydrogen) atoms. The molecular formula is C23H20N2O5S. The smallest absolute Gasteiger partial charge is 0.348 e. The topological polar surface area (TPSA) is 90.5 Å². The van der Waals surface area contributed by atoms with Crippen LogP contribution < -0.4 is 11.2 Å². The second kappa shape index (κ2) is 8.61. The van der Waals surface area contributed by atoms with Crippen LogP contribution in [-0.4, -0.2) is 26.8 Å². The van der Waals surface area contributed by atoms with Crippen LogP contribution in [0.2, 0.25) is 0 Å². The third kappa shape index (κ3) is 4.29. The van der Waals surface area contributed by atoms with Crippen LogP contribution in [0.15, 0.2) is 70.3 Å². The maximum Gasteiger partial charge on any atom is 0.348 e. The Labute approximate surface area is 181 Å². The summed E-state index contributed by atoms with van der Waals surface area (Å²) in [4.78, 5) is 38.9. The van der Waals surface area contributed by atoms with E-state index in [2.05, 4.69) is 0 Å². The van der Waals surface area contributed by atoms with E-state index < -0.39 is 17.2 Å². The molecule has 8 heteroatoms. The lowest BCUT2D eigenvalue weighted by Gasteiger charge is -2.08. The van der Waals surface area contributed by atoms with Crippen molar-refractivity contribution in [1.82, 2.24) is 9.13 Å². The molecule has 4 rings (SSSR count). The number of benzene rings is 2. The van der Waals surface area contributed by atoms with Gasteiger partial charge < -0.3 is 9.84 Å². The van der Waals surface area contributed by atoms with Crippen molar-refractivity contribution < 1.29 is 14.6 Å². The van der Waals surface area contributed by atoms with Gasteiger partial charge in [0.15, 0.2) is 0 Å². The lowest BCUT2D eigenvalue weighted by atomic mass is 10.1. The molecule has 0 aliphatic heterocycles. The number of aryl methyl sites for hydroxylation is 1. The fourth-order valence-electron chi connectivity index (χ4n) is 3.29. The second-order valence-electron chi connectivity index (χ2n) is 7.10. The van der Waals surface area contributed by atoms with Gasteiger partial charge in [-0.1, -0.05) is 42.5 Å². The zero-order valence-electron chi connectivity index (χ0n) is 16.8. The number of hydrogen-bond acceptors (Lipinski definition) is 6. The van der Waals surface area contributed by atoms with E-state index in [1.807, 2.05) is 30.3 Å². The number of carbonyl (C=O) groups excluding carboxylic acids is 1. The predicted octanol–water partition coefficient (Wildman–Crippen LogP) is 2.92. The van der Waals surface area contributed by atoms with Crippen LogP contribution >= 0.6 is 11.3 Å². The quantitative estimate of drug-likeness (QED) is 0.470. The van der Waals surface area contributed by atoms with Crippen LogP contribution in [0, 0.1) is 0 Å². The molecule has 0 amide bonds. The van der Waals surface area contributed by atoms with Crippen LogP contribution in [0.25, 0.3) is 10.2 Å². The summed E-state index contributed by atoms with van der Waals surface area (Å²) >= 11 is 1.07. The first kappa shape index (κ1) is 20.6. The maximum atomic E-state index is 13.0. The van der Waals surface area contributed by atoms with Crippen LogP contribution in [0.4, 0.5) is 0 Å². The molecule has 0 spiro atoms. The number of nitrogens with zero attached hydrogens (tertiary/aromatic N) is 2. The number of fused-ring (bicyclic) bond motifs is 1. The van der Waals surface area contributed by atoms with Crippen molar-refractivity contribution in [3.8, 4) is 5.75 Å². The van der Waals surface area contributed by atoms with Gasteiger partial charge in [0.1, 0.15) is 15.5 Å². The molecule has 1 N–H and O–H groups in total. The van der Waals surface area contributed by atoms with E-state index in [-0.39, 0.29) is 23.8 Å². The highest BCUT2D eigenvalue weighted by Gasteiger charge is 2.18. The summed E-state index contributed by atoms with van der Waals surface area (Å²) in [5.74, 6) is -0.365. The van der Waals surface area contributed by atoms with Gasteiger partial charge in [-0.2, -0.15) is 0 Å². The molecule has 0 radical (unpaired) electrons. The van der Waals surface area contributed by atoms with E-state index in [1.54, 1.807) is 31.3 Å². The zero-order valence-corrected chi connectivity index (χ0v) is 17.6. The van der Waals surface area contributed by atoms with E-state index >= 15 is 0 Å². The maximum absolute atomic E-state index is 13.0. The fourth-order valence-corrected chi connectivity index (χ4v) is 4.28.